The number of carbonyl (C=O) groups excluding carboxylic acids is 1. The molecule has 0 saturated heterocycles. The van der Waals surface area contributed by atoms with E-state index in [1.165, 1.54) is 18.2 Å². The number of ether oxygens (including phenoxy) is 1. The Balaban J connectivity index is 2.57. The molecule has 102 valence electrons. The number of hydrogen-bond donors (Lipinski definition) is 2. The molecule has 0 aliphatic carbocycles. The van der Waals surface area contributed by atoms with E-state index in [-0.39, 0.29) is 11.6 Å². The Hall–Kier alpha value is -2.11. The normalized spacial score (nSPS) is 22.5. The lowest BCUT2D eigenvalue weighted by atomic mass is 9.83. The van der Waals surface area contributed by atoms with E-state index in [2.05, 4.69) is 4.99 Å². The van der Waals surface area contributed by atoms with Gasteiger partial charge in [-0.15, -0.1) is 0 Å². The number of halogens is 1. The van der Waals surface area contributed by atoms with Crippen molar-refractivity contribution < 1.29 is 13.9 Å². The second kappa shape index (κ2) is 4.87. The molecule has 0 spiro atoms. The van der Waals surface area contributed by atoms with Gasteiger partial charge in [-0.1, -0.05) is 6.92 Å². The fourth-order valence-corrected chi connectivity index (χ4v) is 2.30. The zero-order valence-corrected chi connectivity index (χ0v) is 10.6. The van der Waals surface area contributed by atoms with Gasteiger partial charge in [0.25, 0.3) is 6.02 Å². The van der Waals surface area contributed by atoms with Crippen LogP contribution in [0.3, 0.4) is 0 Å². The number of aliphatic imine (C=N–C) groups is 1. The van der Waals surface area contributed by atoms with Gasteiger partial charge >= 0.3 is 0 Å². The Bertz CT molecular complexity index is 545. The van der Waals surface area contributed by atoms with Crippen LogP contribution in [0.2, 0.25) is 0 Å². The molecule has 1 aromatic rings. The van der Waals surface area contributed by atoms with Gasteiger partial charge in [0.2, 0.25) is 5.91 Å². The number of nitrogens with zero attached hydrogens (tertiary/aromatic N) is 1. The van der Waals surface area contributed by atoms with Gasteiger partial charge in [-0.25, -0.2) is 9.38 Å². The first-order valence-electron chi connectivity index (χ1n) is 6.06. The van der Waals surface area contributed by atoms with E-state index >= 15 is 0 Å². The predicted molar refractivity (Wildman–Crippen MR) is 69.1 cm³/mol. The molecule has 5 nitrogen and oxygen atoms in total. The van der Waals surface area contributed by atoms with Gasteiger partial charge in [0.05, 0.1) is 12.1 Å². The van der Waals surface area contributed by atoms with Crippen molar-refractivity contribution in [3.8, 4) is 0 Å². The van der Waals surface area contributed by atoms with Crippen LogP contribution in [0, 0.1) is 5.82 Å². The highest BCUT2D eigenvalue weighted by Crippen LogP contribution is 2.37. The number of benzene rings is 1. The number of rotatable bonds is 3. The number of amides is 1. The average molecular weight is 265 g/mol. The summed E-state index contributed by atoms with van der Waals surface area (Å²) in [7, 11) is 0. The molecule has 4 N–H and O–H groups in total. The van der Waals surface area contributed by atoms with Crippen LogP contribution in [0.15, 0.2) is 23.2 Å². The first kappa shape index (κ1) is 13.3. The summed E-state index contributed by atoms with van der Waals surface area (Å²) in [4.78, 5) is 15.5. The van der Waals surface area contributed by atoms with E-state index < -0.39 is 17.3 Å². The highest BCUT2D eigenvalue weighted by atomic mass is 19.1. The van der Waals surface area contributed by atoms with Gasteiger partial charge in [0.1, 0.15) is 5.82 Å². The highest BCUT2D eigenvalue weighted by molar-refractivity contribution is 5.93. The molecule has 1 aliphatic heterocycles. The minimum atomic E-state index is -0.794. The molecule has 2 rings (SSSR count). The maximum atomic E-state index is 14.1. The van der Waals surface area contributed by atoms with Crippen molar-refractivity contribution >= 4 is 11.9 Å². The van der Waals surface area contributed by atoms with Crippen molar-refractivity contribution in [2.45, 2.75) is 25.3 Å². The third-order valence-electron chi connectivity index (χ3n) is 3.43. The molecule has 0 fully saturated rings. The summed E-state index contributed by atoms with van der Waals surface area (Å²) < 4.78 is 19.2. The van der Waals surface area contributed by atoms with Crippen molar-refractivity contribution in [1.82, 2.24) is 0 Å². The van der Waals surface area contributed by atoms with E-state index in [1.54, 1.807) is 0 Å². The molecule has 19 heavy (non-hydrogen) atoms. The van der Waals surface area contributed by atoms with Crippen LogP contribution in [0.25, 0.3) is 0 Å². The van der Waals surface area contributed by atoms with Crippen molar-refractivity contribution in [2.75, 3.05) is 6.61 Å². The third kappa shape index (κ3) is 2.38. The average Bonchev–Trinajstić information content (AvgIpc) is 2.38. The molecular formula is C13H16FN3O2. The Labute approximate surface area is 110 Å². The number of hydrogen-bond acceptors (Lipinski definition) is 4. The van der Waals surface area contributed by atoms with Crippen molar-refractivity contribution in [2.24, 2.45) is 16.5 Å². The lowest BCUT2D eigenvalue weighted by molar-refractivity contribution is 0.1000. The number of amidine groups is 1. The molecule has 0 radical (unpaired) electrons. The fraction of sp³-hybridized carbons (Fsp3) is 0.385. The summed E-state index contributed by atoms with van der Waals surface area (Å²) in [5.41, 5.74) is 10.6. The minimum Gasteiger partial charge on any atom is -0.465 e. The van der Waals surface area contributed by atoms with E-state index in [9.17, 15) is 9.18 Å². The first-order chi connectivity index (χ1) is 8.98. The minimum absolute atomic E-state index is 0.0389. The standard InChI is InChI=1S/C13H16FN3O2/c1-2-13(5-6-19-12(16)17-13)9-7-8(11(15)18)3-4-10(9)14/h3-4,7H,2,5-6H2,1H3,(H2,15,18)(H2,16,17)/t13-/m0/s1. The summed E-state index contributed by atoms with van der Waals surface area (Å²) >= 11 is 0. The molecule has 0 bridgehead atoms. The van der Waals surface area contributed by atoms with Crippen molar-refractivity contribution in [3.05, 3.63) is 35.1 Å². The van der Waals surface area contributed by atoms with Crippen LogP contribution < -0.4 is 11.5 Å². The van der Waals surface area contributed by atoms with Gasteiger partial charge in [-0.05, 0) is 24.6 Å². The lowest BCUT2D eigenvalue weighted by Gasteiger charge is -2.33. The topological polar surface area (TPSA) is 90.7 Å². The van der Waals surface area contributed by atoms with E-state index in [1.807, 2.05) is 6.92 Å². The molecule has 1 aliphatic rings. The monoisotopic (exact) mass is 265 g/mol. The smallest absolute Gasteiger partial charge is 0.282 e. The molecule has 0 aromatic heterocycles. The Morgan fingerprint density at radius 1 is 1.58 bits per heavy atom. The van der Waals surface area contributed by atoms with E-state index in [0.717, 1.165) is 0 Å². The van der Waals surface area contributed by atoms with Crippen LogP contribution in [-0.2, 0) is 10.3 Å². The predicted octanol–water partition coefficient (Wildman–Crippen LogP) is 1.26. The van der Waals surface area contributed by atoms with Crippen LogP contribution >= 0.6 is 0 Å². The summed E-state index contributed by atoms with van der Waals surface area (Å²) in [6, 6.07) is 4.07. The lowest BCUT2D eigenvalue weighted by Crippen LogP contribution is -2.36. The van der Waals surface area contributed by atoms with Crippen LogP contribution in [0.4, 0.5) is 4.39 Å². The Morgan fingerprint density at radius 3 is 2.89 bits per heavy atom. The molecule has 1 aromatic carbocycles. The first-order valence-corrected chi connectivity index (χ1v) is 6.06. The second-order valence-corrected chi connectivity index (χ2v) is 4.49. The van der Waals surface area contributed by atoms with Crippen LogP contribution in [-0.4, -0.2) is 18.5 Å². The number of nitrogens with two attached hydrogens (primary N) is 2. The Morgan fingerprint density at radius 2 is 2.32 bits per heavy atom. The Kier molecular flexibility index (Phi) is 3.42. The molecule has 0 saturated carbocycles. The van der Waals surface area contributed by atoms with E-state index in [4.69, 9.17) is 16.2 Å². The molecule has 1 amide bonds. The summed E-state index contributed by atoms with van der Waals surface area (Å²) in [6.45, 7) is 2.25. The molecule has 0 unspecified atom stereocenters. The molecule has 1 atom stereocenters. The van der Waals surface area contributed by atoms with Crippen molar-refractivity contribution in [1.29, 1.82) is 0 Å². The van der Waals surface area contributed by atoms with E-state index in [0.29, 0.717) is 25.0 Å². The quantitative estimate of drug-likeness (QED) is 0.862. The number of primary amides is 1. The SMILES string of the molecule is CC[C@@]1(c2cc(C(N)=O)ccc2F)CCOC(N)=N1. The van der Waals surface area contributed by atoms with Gasteiger partial charge in [0.15, 0.2) is 0 Å². The van der Waals surface area contributed by atoms with Crippen LogP contribution in [0.5, 0.6) is 0 Å². The summed E-state index contributed by atoms with van der Waals surface area (Å²) in [5, 5.41) is 0. The van der Waals surface area contributed by atoms with Gasteiger partial charge in [-0.2, -0.15) is 0 Å². The number of carbonyl (C=O) groups is 1. The summed E-state index contributed by atoms with van der Waals surface area (Å²) in [5.74, 6) is -1.03. The van der Waals surface area contributed by atoms with Crippen molar-refractivity contribution in [3.63, 3.8) is 0 Å². The van der Waals surface area contributed by atoms with Crippen LogP contribution in [0.1, 0.15) is 35.7 Å². The van der Waals surface area contributed by atoms with Gasteiger partial charge < -0.3 is 16.2 Å². The largest absolute Gasteiger partial charge is 0.465 e. The fourth-order valence-electron chi connectivity index (χ4n) is 2.30. The molecule has 1 heterocycles. The zero-order valence-electron chi connectivity index (χ0n) is 10.6. The maximum absolute atomic E-state index is 14.1. The zero-order chi connectivity index (χ0) is 14.0. The maximum Gasteiger partial charge on any atom is 0.282 e. The molecular weight excluding hydrogens is 249 g/mol. The highest BCUT2D eigenvalue weighted by Gasteiger charge is 2.36. The summed E-state index contributed by atoms with van der Waals surface area (Å²) in [6.07, 6.45) is 1.06. The van der Waals surface area contributed by atoms with Gasteiger partial charge in [0, 0.05) is 17.5 Å². The van der Waals surface area contributed by atoms with Gasteiger partial charge in [-0.3, -0.25) is 4.79 Å². The third-order valence-corrected chi connectivity index (χ3v) is 3.43. The second-order valence-electron chi connectivity index (χ2n) is 4.49. The molecule has 6 heteroatoms.